The molecule has 0 saturated carbocycles. The van der Waals surface area contributed by atoms with Crippen molar-refractivity contribution in [3.8, 4) is 0 Å². The molecule has 0 aliphatic heterocycles. The molecule has 1 N–H and O–H groups in total. The van der Waals surface area contributed by atoms with E-state index < -0.39 is 16.1 Å². The topological polar surface area (TPSA) is 86.8 Å². The van der Waals surface area contributed by atoms with Gasteiger partial charge < -0.3 is 10.2 Å². The predicted molar refractivity (Wildman–Crippen MR) is 157 cm³/mol. The highest BCUT2D eigenvalue weighted by atomic mass is 32.2. The number of nitrogens with zero attached hydrogens (tertiary/aromatic N) is 2. The summed E-state index contributed by atoms with van der Waals surface area (Å²) in [5.74, 6) is -0.440. The third kappa shape index (κ3) is 8.17. The van der Waals surface area contributed by atoms with Crippen LogP contribution in [0.15, 0.2) is 72.8 Å². The third-order valence-corrected chi connectivity index (χ3v) is 8.24. The van der Waals surface area contributed by atoms with Crippen LogP contribution in [0.25, 0.3) is 0 Å². The Morgan fingerprint density at radius 2 is 1.54 bits per heavy atom. The molecule has 0 saturated heterocycles. The minimum absolute atomic E-state index is 0.102. The van der Waals surface area contributed by atoms with Crippen LogP contribution < -0.4 is 9.62 Å². The summed E-state index contributed by atoms with van der Waals surface area (Å²) in [7, 11) is -1.98. The molecule has 7 nitrogen and oxygen atoms in total. The Kier molecular flexibility index (Phi) is 10.3. The quantitative estimate of drug-likeness (QED) is 0.359. The smallest absolute Gasteiger partial charge is 0.242 e. The summed E-state index contributed by atoms with van der Waals surface area (Å²) in [5.41, 5.74) is 5.59. The molecule has 208 valence electrons. The Morgan fingerprint density at radius 3 is 2.15 bits per heavy atom. The lowest BCUT2D eigenvalue weighted by Gasteiger charge is -2.32. The number of carbonyl (C=O) groups excluding carboxylic acids is 2. The second-order valence-corrected chi connectivity index (χ2v) is 11.9. The first-order valence-corrected chi connectivity index (χ1v) is 15.0. The van der Waals surface area contributed by atoms with Crippen molar-refractivity contribution in [1.82, 2.24) is 10.2 Å². The van der Waals surface area contributed by atoms with E-state index in [4.69, 9.17) is 0 Å². The van der Waals surface area contributed by atoms with Gasteiger partial charge in [-0.05, 0) is 67.1 Å². The summed E-state index contributed by atoms with van der Waals surface area (Å²) in [6.07, 6.45) is 1.96. The van der Waals surface area contributed by atoms with Crippen LogP contribution in [-0.2, 0) is 32.6 Å². The Morgan fingerprint density at radius 1 is 0.872 bits per heavy atom. The molecule has 3 aromatic carbocycles. The van der Waals surface area contributed by atoms with Gasteiger partial charge in [-0.2, -0.15) is 0 Å². The van der Waals surface area contributed by atoms with E-state index in [-0.39, 0.29) is 31.3 Å². The molecule has 0 spiro atoms. The highest BCUT2D eigenvalue weighted by Gasteiger charge is 2.30. The van der Waals surface area contributed by atoms with Gasteiger partial charge in [-0.15, -0.1) is 0 Å². The number of anilines is 1. The summed E-state index contributed by atoms with van der Waals surface area (Å²) in [5, 5.41) is 2.73. The van der Waals surface area contributed by atoms with E-state index in [9.17, 15) is 18.0 Å². The van der Waals surface area contributed by atoms with Gasteiger partial charge in [-0.25, -0.2) is 8.42 Å². The van der Waals surface area contributed by atoms with Gasteiger partial charge in [0.25, 0.3) is 0 Å². The monoisotopic (exact) mass is 549 g/mol. The number of hydrogen-bond acceptors (Lipinski definition) is 4. The fraction of sp³-hybridized carbons (Fsp3) is 0.355. The second-order valence-electron chi connectivity index (χ2n) is 9.98. The molecule has 0 heterocycles. The van der Waals surface area contributed by atoms with E-state index in [1.807, 2.05) is 87.5 Å². The van der Waals surface area contributed by atoms with Crippen molar-refractivity contribution in [3.05, 3.63) is 101 Å². The summed E-state index contributed by atoms with van der Waals surface area (Å²) < 4.78 is 26.6. The molecule has 0 aliphatic rings. The number of likely N-dealkylation sites (N-methyl/N-ethyl adjacent to an activating group) is 1. The molecule has 0 bridgehead atoms. The van der Waals surface area contributed by atoms with Gasteiger partial charge in [0, 0.05) is 33.0 Å². The molecule has 0 aromatic heterocycles. The van der Waals surface area contributed by atoms with Crippen LogP contribution in [0.2, 0.25) is 0 Å². The number of amides is 2. The normalized spacial score (nSPS) is 12.0. The molecule has 3 aromatic rings. The highest BCUT2D eigenvalue weighted by Crippen LogP contribution is 2.23. The Bertz CT molecular complexity index is 1390. The van der Waals surface area contributed by atoms with Gasteiger partial charge in [0.2, 0.25) is 21.8 Å². The van der Waals surface area contributed by atoms with E-state index in [1.165, 1.54) is 10.6 Å². The lowest BCUT2D eigenvalue weighted by Crippen LogP contribution is -2.50. The van der Waals surface area contributed by atoms with Gasteiger partial charge in [0.05, 0.1) is 11.9 Å². The number of rotatable bonds is 12. The lowest BCUT2D eigenvalue weighted by molar-refractivity contribution is -0.141. The van der Waals surface area contributed by atoms with Crippen molar-refractivity contribution in [2.75, 3.05) is 24.2 Å². The Labute approximate surface area is 232 Å². The molecule has 39 heavy (non-hydrogen) atoms. The summed E-state index contributed by atoms with van der Waals surface area (Å²) in [4.78, 5) is 28.5. The standard InChI is InChI=1S/C31H39N3O4S/c1-23-17-18-28(20-25(23)3)34(39(5,37)38)19-11-16-30(35)33(22-27-15-10-9-12-24(27)2)29(31(36)32-4)21-26-13-7-6-8-14-26/h6-10,12-15,17-18,20,29H,11,16,19,21-22H2,1-5H3,(H,32,36). The summed E-state index contributed by atoms with van der Waals surface area (Å²) >= 11 is 0. The fourth-order valence-corrected chi connectivity index (χ4v) is 5.53. The first kappa shape index (κ1) is 29.9. The number of benzene rings is 3. The number of nitrogens with one attached hydrogen (secondary N) is 1. The fourth-order valence-electron chi connectivity index (χ4n) is 4.58. The van der Waals surface area contributed by atoms with Gasteiger partial charge >= 0.3 is 0 Å². The van der Waals surface area contributed by atoms with Crippen LogP contribution in [0.1, 0.15) is 40.7 Å². The zero-order chi connectivity index (χ0) is 28.6. The van der Waals surface area contributed by atoms with E-state index in [0.717, 1.165) is 27.8 Å². The zero-order valence-corrected chi connectivity index (χ0v) is 24.3. The molecule has 2 amide bonds. The molecule has 3 rings (SSSR count). The summed E-state index contributed by atoms with van der Waals surface area (Å²) in [6, 6.07) is 22.3. The minimum atomic E-state index is -3.55. The van der Waals surface area contributed by atoms with Crippen LogP contribution >= 0.6 is 0 Å². The average Bonchev–Trinajstić information content (AvgIpc) is 2.90. The molecular weight excluding hydrogens is 510 g/mol. The van der Waals surface area contributed by atoms with Crippen molar-refractivity contribution in [1.29, 1.82) is 0 Å². The Balaban J connectivity index is 1.86. The van der Waals surface area contributed by atoms with E-state index in [1.54, 1.807) is 18.0 Å². The number of hydrogen-bond donors (Lipinski definition) is 1. The van der Waals surface area contributed by atoms with Crippen LogP contribution in [0.4, 0.5) is 5.69 Å². The molecular formula is C31H39N3O4S. The van der Waals surface area contributed by atoms with Crippen LogP contribution in [-0.4, -0.2) is 51.0 Å². The van der Waals surface area contributed by atoms with Crippen LogP contribution in [0.3, 0.4) is 0 Å². The van der Waals surface area contributed by atoms with Gasteiger partial charge in [-0.3, -0.25) is 13.9 Å². The van der Waals surface area contributed by atoms with Gasteiger partial charge in [-0.1, -0.05) is 60.7 Å². The molecule has 0 radical (unpaired) electrons. The third-order valence-electron chi connectivity index (χ3n) is 7.05. The molecule has 0 fully saturated rings. The van der Waals surface area contributed by atoms with Crippen molar-refractivity contribution < 1.29 is 18.0 Å². The van der Waals surface area contributed by atoms with Crippen LogP contribution in [0.5, 0.6) is 0 Å². The number of carbonyl (C=O) groups is 2. The molecule has 1 unspecified atom stereocenters. The Hall–Kier alpha value is -3.65. The maximum Gasteiger partial charge on any atom is 0.242 e. The highest BCUT2D eigenvalue weighted by molar-refractivity contribution is 7.92. The van der Waals surface area contributed by atoms with Crippen molar-refractivity contribution in [3.63, 3.8) is 0 Å². The lowest BCUT2D eigenvalue weighted by atomic mass is 10.0. The maximum atomic E-state index is 13.8. The average molecular weight is 550 g/mol. The van der Waals surface area contributed by atoms with E-state index in [2.05, 4.69) is 5.32 Å². The largest absolute Gasteiger partial charge is 0.357 e. The predicted octanol–water partition coefficient (Wildman–Crippen LogP) is 4.54. The SMILES string of the molecule is CNC(=O)C(Cc1ccccc1)N(Cc1ccccc1C)C(=O)CCCN(c1ccc(C)c(C)c1)S(C)(=O)=O. The zero-order valence-electron chi connectivity index (χ0n) is 23.5. The maximum absolute atomic E-state index is 13.8. The second kappa shape index (κ2) is 13.4. The van der Waals surface area contributed by atoms with Crippen molar-refractivity contribution in [2.45, 2.75) is 52.6 Å². The van der Waals surface area contributed by atoms with Crippen LogP contribution in [0, 0.1) is 20.8 Å². The molecule has 1 atom stereocenters. The molecule has 0 aliphatic carbocycles. The van der Waals surface area contributed by atoms with Crippen molar-refractivity contribution in [2.24, 2.45) is 0 Å². The van der Waals surface area contributed by atoms with E-state index >= 15 is 0 Å². The van der Waals surface area contributed by atoms with Gasteiger partial charge in [0.15, 0.2) is 0 Å². The first-order chi connectivity index (χ1) is 18.5. The molecule has 8 heteroatoms. The summed E-state index contributed by atoms with van der Waals surface area (Å²) in [6.45, 7) is 6.34. The number of sulfonamides is 1. The number of aryl methyl sites for hydroxylation is 3. The van der Waals surface area contributed by atoms with E-state index in [0.29, 0.717) is 18.5 Å². The first-order valence-electron chi connectivity index (χ1n) is 13.2. The minimum Gasteiger partial charge on any atom is -0.357 e. The van der Waals surface area contributed by atoms with Crippen molar-refractivity contribution >= 4 is 27.5 Å². The van der Waals surface area contributed by atoms with Gasteiger partial charge in [0.1, 0.15) is 6.04 Å².